The number of benzene rings is 1. The Morgan fingerprint density at radius 3 is 2.62 bits per heavy atom. The molecule has 0 radical (unpaired) electrons. The van der Waals surface area contributed by atoms with Gasteiger partial charge in [-0.25, -0.2) is 4.98 Å². The number of alkyl halides is 3. The van der Waals surface area contributed by atoms with E-state index in [-0.39, 0.29) is 29.6 Å². The number of halogens is 3. The van der Waals surface area contributed by atoms with Crippen molar-refractivity contribution in [3.05, 3.63) is 92.4 Å². The minimum Gasteiger partial charge on any atom is -0.378 e. The van der Waals surface area contributed by atoms with E-state index in [1.807, 2.05) is 12.4 Å². The monoisotopic (exact) mass is 552 g/mol. The van der Waals surface area contributed by atoms with E-state index in [2.05, 4.69) is 16.0 Å². The predicted molar refractivity (Wildman–Crippen MR) is 140 cm³/mol. The van der Waals surface area contributed by atoms with Crippen LogP contribution in [0.1, 0.15) is 96.3 Å². The van der Waals surface area contributed by atoms with Crippen molar-refractivity contribution >= 4 is 5.91 Å². The summed E-state index contributed by atoms with van der Waals surface area (Å²) in [7, 11) is 0. The summed E-state index contributed by atoms with van der Waals surface area (Å²) in [6.45, 7) is 0.127. The van der Waals surface area contributed by atoms with Gasteiger partial charge in [0.25, 0.3) is 11.5 Å². The quantitative estimate of drug-likeness (QED) is 0.468. The molecule has 0 unspecified atom stereocenters. The van der Waals surface area contributed by atoms with Crippen molar-refractivity contribution in [2.75, 3.05) is 6.54 Å². The minimum atomic E-state index is -4.59. The lowest BCUT2D eigenvalue weighted by Gasteiger charge is -2.30. The van der Waals surface area contributed by atoms with Crippen molar-refractivity contribution in [3.63, 3.8) is 0 Å². The average molecular weight is 553 g/mol. The summed E-state index contributed by atoms with van der Waals surface area (Å²) in [5, 5.41) is 10.6. The molecular weight excluding hydrogens is 521 g/mol. The highest BCUT2D eigenvalue weighted by Gasteiger charge is 2.49. The van der Waals surface area contributed by atoms with Crippen LogP contribution in [0.15, 0.2) is 47.5 Å². The molecule has 1 amide bonds. The van der Waals surface area contributed by atoms with E-state index >= 15 is 0 Å². The summed E-state index contributed by atoms with van der Waals surface area (Å²) in [6, 6.07) is 6.32. The molecule has 7 nitrogen and oxygen atoms in total. The number of nitrogens with one attached hydrogen (secondary N) is 1. The van der Waals surface area contributed by atoms with Crippen molar-refractivity contribution in [3.8, 4) is 0 Å². The highest BCUT2D eigenvalue weighted by atomic mass is 19.4. The Hall–Kier alpha value is -3.53. The van der Waals surface area contributed by atoms with E-state index in [9.17, 15) is 27.9 Å². The van der Waals surface area contributed by atoms with Crippen LogP contribution in [-0.4, -0.2) is 37.4 Å². The summed E-state index contributed by atoms with van der Waals surface area (Å²) >= 11 is 0. The summed E-state index contributed by atoms with van der Waals surface area (Å²) in [5.41, 5.74) is 1.46. The molecule has 2 saturated carbocycles. The molecule has 1 aliphatic heterocycles. The maximum absolute atomic E-state index is 13.2. The molecule has 210 valence electrons. The first-order valence-corrected chi connectivity index (χ1v) is 13.9. The van der Waals surface area contributed by atoms with Gasteiger partial charge < -0.3 is 15.0 Å². The standard InChI is InChI=1S/C30H31F3N4O3/c31-30(32,33)21-8-4-7-19(13-21)25(38)27(40)37-12-9-24-23(17-37)26(39)36-28(35-24)29(10-11-29)22-14-20(15-34-16-22)18-5-2-1-3-6-18/h4,7-8,13-16,18,25,38H,1-3,5-6,9-12,17H2,(H,35,36,39)/t25-/m1/s1. The number of aliphatic hydroxyl groups excluding tert-OH is 1. The average Bonchev–Trinajstić information content (AvgIpc) is 3.79. The second kappa shape index (κ2) is 10.1. The van der Waals surface area contributed by atoms with Gasteiger partial charge in [0.05, 0.1) is 28.8 Å². The molecule has 3 heterocycles. The van der Waals surface area contributed by atoms with Gasteiger partial charge in [0.2, 0.25) is 0 Å². The fourth-order valence-electron chi connectivity index (χ4n) is 6.21. The van der Waals surface area contributed by atoms with E-state index < -0.39 is 23.8 Å². The molecule has 40 heavy (non-hydrogen) atoms. The van der Waals surface area contributed by atoms with Crippen molar-refractivity contribution in [1.29, 1.82) is 0 Å². The van der Waals surface area contributed by atoms with Crippen LogP contribution in [0.2, 0.25) is 0 Å². The van der Waals surface area contributed by atoms with Gasteiger partial charge in [-0.05, 0) is 60.4 Å². The first kappa shape index (κ1) is 26.7. The number of aliphatic hydroxyl groups is 1. The van der Waals surface area contributed by atoms with Gasteiger partial charge in [0.15, 0.2) is 6.10 Å². The molecule has 6 rings (SSSR count). The van der Waals surface area contributed by atoms with Gasteiger partial charge in [-0.3, -0.25) is 14.6 Å². The number of carbonyl (C=O) groups excluding carboxylic acids is 1. The molecule has 2 N–H and O–H groups in total. The molecular formula is C30H31F3N4O3. The highest BCUT2D eigenvalue weighted by molar-refractivity contribution is 5.82. The molecule has 1 aromatic carbocycles. The zero-order valence-corrected chi connectivity index (χ0v) is 22.0. The molecule has 0 bridgehead atoms. The molecule has 3 aliphatic rings. The molecule has 0 spiro atoms. The lowest BCUT2D eigenvalue weighted by molar-refractivity contribution is -0.142. The zero-order chi connectivity index (χ0) is 28.1. The molecule has 3 aromatic rings. The predicted octanol–water partition coefficient (Wildman–Crippen LogP) is 4.93. The third-order valence-corrected chi connectivity index (χ3v) is 8.74. The maximum Gasteiger partial charge on any atom is 0.416 e. The van der Waals surface area contributed by atoms with Crippen LogP contribution in [0.3, 0.4) is 0 Å². The van der Waals surface area contributed by atoms with Crippen LogP contribution < -0.4 is 5.56 Å². The third-order valence-electron chi connectivity index (χ3n) is 8.74. The smallest absolute Gasteiger partial charge is 0.378 e. The van der Waals surface area contributed by atoms with Gasteiger partial charge in [-0.15, -0.1) is 0 Å². The lowest BCUT2D eigenvalue weighted by Crippen LogP contribution is -2.42. The summed E-state index contributed by atoms with van der Waals surface area (Å²) in [6.07, 6.45) is 5.58. The Labute approximate surface area is 229 Å². The largest absolute Gasteiger partial charge is 0.416 e. The number of nitrogens with zero attached hydrogens (tertiary/aromatic N) is 3. The molecule has 0 saturated heterocycles. The summed E-state index contributed by atoms with van der Waals surface area (Å²) in [5.74, 6) is 0.377. The first-order valence-electron chi connectivity index (χ1n) is 13.9. The van der Waals surface area contributed by atoms with Crippen molar-refractivity contribution in [1.82, 2.24) is 19.9 Å². The fourth-order valence-corrected chi connectivity index (χ4v) is 6.21. The second-order valence-electron chi connectivity index (χ2n) is 11.3. The van der Waals surface area contributed by atoms with E-state index in [0.717, 1.165) is 36.6 Å². The van der Waals surface area contributed by atoms with Crippen LogP contribution in [0.4, 0.5) is 13.2 Å². The Morgan fingerprint density at radius 1 is 1.12 bits per heavy atom. The molecule has 10 heteroatoms. The highest BCUT2D eigenvalue weighted by Crippen LogP contribution is 2.52. The number of amides is 1. The van der Waals surface area contributed by atoms with Crippen molar-refractivity contribution < 1.29 is 23.1 Å². The number of H-pyrrole nitrogens is 1. The Balaban J connectivity index is 1.22. The Kier molecular flexibility index (Phi) is 6.76. The van der Waals surface area contributed by atoms with Crippen LogP contribution in [0.25, 0.3) is 0 Å². The SMILES string of the molecule is O=C([C@H](O)c1cccc(C(F)(F)F)c1)N1CCc2nc(C3(c4cncc(C5CCCCC5)c4)CC3)[nH]c(=O)c2C1. The number of aromatic amines is 1. The van der Waals surface area contributed by atoms with Crippen LogP contribution >= 0.6 is 0 Å². The topological polar surface area (TPSA) is 99.2 Å². The van der Waals surface area contributed by atoms with Crippen molar-refractivity contribution in [2.45, 2.75) is 81.5 Å². The molecule has 1 atom stereocenters. The van der Waals surface area contributed by atoms with Gasteiger partial charge in [-0.1, -0.05) is 37.5 Å². The normalized spacial score (nSPS) is 19.6. The molecule has 2 fully saturated rings. The molecule has 2 aromatic heterocycles. The Morgan fingerprint density at radius 2 is 1.90 bits per heavy atom. The number of fused-ring (bicyclic) bond motifs is 1. The van der Waals surface area contributed by atoms with E-state index in [4.69, 9.17) is 4.98 Å². The van der Waals surface area contributed by atoms with Gasteiger partial charge in [0, 0.05) is 25.4 Å². The van der Waals surface area contributed by atoms with Gasteiger partial charge >= 0.3 is 6.18 Å². The maximum atomic E-state index is 13.2. The van der Waals surface area contributed by atoms with Crippen molar-refractivity contribution in [2.24, 2.45) is 0 Å². The van der Waals surface area contributed by atoms with Gasteiger partial charge in [0.1, 0.15) is 5.82 Å². The van der Waals surface area contributed by atoms with Crippen LogP contribution in [-0.2, 0) is 29.4 Å². The summed E-state index contributed by atoms with van der Waals surface area (Å²) in [4.78, 5) is 39.9. The van der Waals surface area contributed by atoms with E-state index in [1.54, 1.807) is 0 Å². The number of hydrogen-bond acceptors (Lipinski definition) is 5. The Bertz CT molecular complexity index is 1490. The van der Waals surface area contributed by atoms with E-state index in [1.165, 1.54) is 48.6 Å². The number of rotatable bonds is 5. The third kappa shape index (κ3) is 4.93. The van der Waals surface area contributed by atoms with Gasteiger partial charge in [-0.2, -0.15) is 13.2 Å². The van der Waals surface area contributed by atoms with Crippen LogP contribution in [0.5, 0.6) is 0 Å². The first-order chi connectivity index (χ1) is 19.2. The van der Waals surface area contributed by atoms with Crippen LogP contribution in [0, 0.1) is 0 Å². The van der Waals surface area contributed by atoms with E-state index in [0.29, 0.717) is 29.4 Å². The fraction of sp³-hybridized carbons (Fsp3) is 0.467. The summed E-state index contributed by atoms with van der Waals surface area (Å²) < 4.78 is 39.3. The zero-order valence-electron chi connectivity index (χ0n) is 22.0. The second-order valence-corrected chi connectivity index (χ2v) is 11.3. The minimum absolute atomic E-state index is 0.0709. The number of carbonyl (C=O) groups is 1. The number of pyridine rings is 1. The molecule has 2 aliphatic carbocycles. The lowest BCUT2D eigenvalue weighted by atomic mass is 9.83. The number of hydrogen-bond donors (Lipinski definition) is 2. The number of aromatic nitrogens is 3.